The fourth-order valence-corrected chi connectivity index (χ4v) is 1.12. The highest BCUT2D eigenvalue weighted by molar-refractivity contribution is 5.95. The lowest BCUT2D eigenvalue weighted by molar-refractivity contribution is 1.23. The quantitative estimate of drug-likeness (QED) is 0.554. The molecule has 2 nitrogen and oxygen atoms in total. The van der Waals surface area contributed by atoms with Gasteiger partial charge in [-0.05, 0) is 32.4 Å². The van der Waals surface area contributed by atoms with E-state index in [1.54, 1.807) is 6.92 Å². The molecule has 10 heavy (non-hydrogen) atoms. The van der Waals surface area contributed by atoms with Gasteiger partial charge in [-0.25, -0.2) is 0 Å². The van der Waals surface area contributed by atoms with E-state index in [0.29, 0.717) is 5.71 Å². The summed E-state index contributed by atoms with van der Waals surface area (Å²) in [7, 11) is 0. The number of aromatic amines is 1. The molecule has 0 saturated heterocycles. The number of aromatic nitrogens is 1. The first-order valence-electron chi connectivity index (χ1n) is 3.33. The molecule has 1 rings (SSSR count). The maximum absolute atomic E-state index is 7.36. The predicted molar refractivity (Wildman–Crippen MR) is 42.8 cm³/mol. The Bertz CT molecular complexity index is 258. The summed E-state index contributed by atoms with van der Waals surface area (Å²) in [5, 5.41) is 7.36. The van der Waals surface area contributed by atoms with Crippen molar-refractivity contribution in [3.63, 3.8) is 0 Å². The SMILES string of the molecule is CC(=N)c1[nH]c(C)cc1C. The van der Waals surface area contributed by atoms with Crippen LogP contribution in [0, 0.1) is 19.3 Å². The van der Waals surface area contributed by atoms with Crippen LogP contribution in [0.1, 0.15) is 23.9 Å². The topological polar surface area (TPSA) is 39.6 Å². The van der Waals surface area contributed by atoms with Crippen molar-refractivity contribution < 1.29 is 0 Å². The molecule has 0 saturated carbocycles. The summed E-state index contributed by atoms with van der Waals surface area (Å²) in [6.07, 6.45) is 0. The van der Waals surface area contributed by atoms with Crippen LogP contribution in [0.3, 0.4) is 0 Å². The first-order chi connectivity index (χ1) is 4.61. The van der Waals surface area contributed by atoms with E-state index in [0.717, 1.165) is 17.0 Å². The van der Waals surface area contributed by atoms with Crippen LogP contribution in [0.5, 0.6) is 0 Å². The number of H-pyrrole nitrogens is 1. The van der Waals surface area contributed by atoms with Crippen LogP contribution in [-0.4, -0.2) is 10.7 Å². The lowest BCUT2D eigenvalue weighted by Gasteiger charge is -1.93. The van der Waals surface area contributed by atoms with Crippen molar-refractivity contribution >= 4 is 5.71 Å². The molecular formula is C8H12N2. The summed E-state index contributed by atoms with van der Waals surface area (Å²) in [4.78, 5) is 3.12. The van der Waals surface area contributed by atoms with Crippen LogP contribution in [0.15, 0.2) is 6.07 Å². The minimum atomic E-state index is 0.602. The van der Waals surface area contributed by atoms with Gasteiger partial charge in [0, 0.05) is 5.69 Å². The van der Waals surface area contributed by atoms with E-state index in [-0.39, 0.29) is 0 Å². The largest absolute Gasteiger partial charge is 0.357 e. The molecule has 54 valence electrons. The summed E-state index contributed by atoms with van der Waals surface area (Å²) in [5.41, 5.74) is 3.84. The maximum Gasteiger partial charge on any atom is 0.0620 e. The van der Waals surface area contributed by atoms with Crippen LogP contribution in [0.2, 0.25) is 0 Å². The summed E-state index contributed by atoms with van der Waals surface area (Å²) in [6.45, 7) is 5.80. The van der Waals surface area contributed by atoms with Gasteiger partial charge in [-0.2, -0.15) is 0 Å². The Morgan fingerprint density at radius 2 is 2.10 bits per heavy atom. The standard InChI is InChI=1S/C8H12N2/c1-5-4-6(2)10-8(5)7(3)9/h4,9-10H,1-3H3. The number of nitrogens with one attached hydrogen (secondary N) is 2. The molecule has 0 aromatic carbocycles. The highest BCUT2D eigenvalue weighted by Gasteiger charge is 2.01. The molecule has 0 amide bonds. The molecule has 0 radical (unpaired) electrons. The second-order valence-electron chi connectivity index (χ2n) is 2.64. The highest BCUT2D eigenvalue weighted by atomic mass is 14.7. The smallest absolute Gasteiger partial charge is 0.0620 e. The third-order valence-corrected chi connectivity index (χ3v) is 1.52. The molecule has 2 N–H and O–H groups in total. The van der Waals surface area contributed by atoms with Crippen LogP contribution in [-0.2, 0) is 0 Å². The molecule has 0 aliphatic carbocycles. The van der Waals surface area contributed by atoms with Gasteiger partial charge in [0.2, 0.25) is 0 Å². The van der Waals surface area contributed by atoms with Gasteiger partial charge in [0.05, 0.1) is 11.4 Å². The molecule has 0 aliphatic rings. The Labute approximate surface area is 60.8 Å². The normalized spacial score (nSPS) is 9.90. The van der Waals surface area contributed by atoms with E-state index < -0.39 is 0 Å². The number of rotatable bonds is 1. The van der Waals surface area contributed by atoms with Crippen molar-refractivity contribution in [2.45, 2.75) is 20.8 Å². The van der Waals surface area contributed by atoms with Gasteiger partial charge < -0.3 is 10.4 Å². The van der Waals surface area contributed by atoms with Crippen LogP contribution in [0.4, 0.5) is 0 Å². The number of hydrogen-bond acceptors (Lipinski definition) is 1. The molecule has 2 heteroatoms. The third kappa shape index (κ3) is 1.10. The van der Waals surface area contributed by atoms with Crippen molar-refractivity contribution in [1.82, 2.24) is 4.98 Å². The zero-order valence-electron chi connectivity index (χ0n) is 6.58. The van der Waals surface area contributed by atoms with Gasteiger partial charge in [0.1, 0.15) is 0 Å². The molecule has 0 atom stereocenters. The van der Waals surface area contributed by atoms with E-state index in [9.17, 15) is 0 Å². The second-order valence-corrected chi connectivity index (χ2v) is 2.64. The zero-order valence-corrected chi connectivity index (χ0v) is 6.58. The first-order valence-corrected chi connectivity index (χ1v) is 3.33. The van der Waals surface area contributed by atoms with Gasteiger partial charge in [-0.1, -0.05) is 0 Å². The fraction of sp³-hybridized carbons (Fsp3) is 0.375. The van der Waals surface area contributed by atoms with Crippen molar-refractivity contribution in [3.8, 4) is 0 Å². The molecule has 0 fully saturated rings. The van der Waals surface area contributed by atoms with E-state index in [4.69, 9.17) is 5.41 Å². The lowest BCUT2D eigenvalue weighted by atomic mass is 10.2. The lowest BCUT2D eigenvalue weighted by Crippen LogP contribution is -1.94. The van der Waals surface area contributed by atoms with Gasteiger partial charge >= 0.3 is 0 Å². The minimum Gasteiger partial charge on any atom is -0.357 e. The maximum atomic E-state index is 7.36. The average molecular weight is 136 g/mol. The minimum absolute atomic E-state index is 0.602. The molecule has 0 bridgehead atoms. The summed E-state index contributed by atoms with van der Waals surface area (Å²) >= 11 is 0. The molecule has 0 unspecified atom stereocenters. The van der Waals surface area contributed by atoms with Crippen molar-refractivity contribution in [1.29, 1.82) is 5.41 Å². The zero-order chi connectivity index (χ0) is 7.72. The van der Waals surface area contributed by atoms with Crippen molar-refractivity contribution in [2.75, 3.05) is 0 Å². The fourth-order valence-electron chi connectivity index (χ4n) is 1.12. The number of aryl methyl sites for hydroxylation is 2. The van der Waals surface area contributed by atoms with Gasteiger partial charge in [0.25, 0.3) is 0 Å². The predicted octanol–water partition coefficient (Wildman–Crippen LogP) is 2.02. The van der Waals surface area contributed by atoms with E-state index in [1.807, 2.05) is 19.9 Å². The Hall–Kier alpha value is -1.05. The van der Waals surface area contributed by atoms with Gasteiger partial charge in [-0.15, -0.1) is 0 Å². The van der Waals surface area contributed by atoms with Gasteiger partial charge in [-0.3, -0.25) is 0 Å². The van der Waals surface area contributed by atoms with Crippen LogP contribution >= 0.6 is 0 Å². The van der Waals surface area contributed by atoms with Crippen molar-refractivity contribution in [3.05, 3.63) is 23.0 Å². The van der Waals surface area contributed by atoms with Gasteiger partial charge in [0.15, 0.2) is 0 Å². The van der Waals surface area contributed by atoms with Crippen molar-refractivity contribution in [2.24, 2.45) is 0 Å². The Balaban J connectivity index is 3.15. The van der Waals surface area contributed by atoms with E-state index >= 15 is 0 Å². The Morgan fingerprint density at radius 3 is 2.30 bits per heavy atom. The monoisotopic (exact) mass is 136 g/mol. The molecule has 0 aliphatic heterocycles. The van der Waals surface area contributed by atoms with Crippen LogP contribution in [0.25, 0.3) is 0 Å². The second kappa shape index (κ2) is 2.29. The summed E-state index contributed by atoms with van der Waals surface area (Å²) in [5.74, 6) is 0. The molecule has 1 aromatic heterocycles. The average Bonchev–Trinajstić information content (AvgIpc) is 2.10. The molecular weight excluding hydrogens is 124 g/mol. The molecule has 1 aromatic rings. The summed E-state index contributed by atoms with van der Waals surface area (Å²) < 4.78 is 0. The van der Waals surface area contributed by atoms with E-state index in [2.05, 4.69) is 4.98 Å². The number of hydrogen-bond donors (Lipinski definition) is 2. The van der Waals surface area contributed by atoms with Crippen LogP contribution < -0.4 is 0 Å². The van der Waals surface area contributed by atoms with E-state index in [1.165, 1.54) is 0 Å². The highest BCUT2D eigenvalue weighted by Crippen LogP contribution is 2.08. The molecule has 1 heterocycles. The Morgan fingerprint density at radius 1 is 1.50 bits per heavy atom. The Kier molecular flexibility index (Phi) is 1.62. The first kappa shape index (κ1) is 7.06. The summed E-state index contributed by atoms with van der Waals surface area (Å²) in [6, 6.07) is 2.05. The third-order valence-electron chi connectivity index (χ3n) is 1.52. The molecule has 0 spiro atoms.